The lowest BCUT2D eigenvalue weighted by Crippen LogP contribution is -2.59. The van der Waals surface area contributed by atoms with E-state index in [1.54, 1.807) is 0 Å². The van der Waals surface area contributed by atoms with E-state index in [0.717, 1.165) is 45.4 Å². The highest BCUT2D eigenvalue weighted by atomic mass is 16.4. The highest BCUT2D eigenvalue weighted by Crippen LogP contribution is 2.68. The number of carbonyl (C=O) groups is 1. The van der Waals surface area contributed by atoms with Crippen LogP contribution in [0.3, 0.4) is 0 Å². The Morgan fingerprint density at radius 2 is 1.70 bits per heavy atom. The quantitative estimate of drug-likeness (QED) is 0.224. The van der Waals surface area contributed by atoms with E-state index in [1.165, 1.54) is 57.8 Å². The van der Waals surface area contributed by atoms with E-state index < -0.39 is 5.97 Å². The van der Waals surface area contributed by atoms with Gasteiger partial charge in [0.2, 0.25) is 0 Å². The summed E-state index contributed by atoms with van der Waals surface area (Å²) in [5, 5.41) is 28.2. The molecular formula is C31H57N3O3. The summed E-state index contributed by atoms with van der Waals surface area (Å²) >= 11 is 0. The summed E-state index contributed by atoms with van der Waals surface area (Å²) in [4.78, 5) is 11.2. The summed E-state index contributed by atoms with van der Waals surface area (Å²) in [7, 11) is 0. The van der Waals surface area contributed by atoms with Crippen LogP contribution in [-0.2, 0) is 4.79 Å². The van der Waals surface area contributed by atoms with Gasteiger partial charge in [0.05, 0.1) is 6.10 Å². The number of fused-ring (bicyclic) bond motifs is 5. The molecule has 0 aliphatic heterocycles. The Morgan fingerprint density at radius 1 is 0.973 bits per heavy atom. The minimum atomic E-state index is -0.669. The zero-order chi connectivity index (χ0) is 26.6. The molecule has 4 aliphatic rings. The topological polar surface area (TPSA) is 108 Å². The Bertz CT molecular complexity index is 749. The van der Waals surface area contributed by atoms with E-state index >= 15 is 0 Å². The Balaban J connectivity index is 1.31. The number of nitrogens with one attached hydrogen (secondary N) is 2. The van der Waals surface area contributed by atoms with Gasteiger partial charge in [0.15, 0.2) is 0 Å². The molecule has 4 fully saturated rings. The number of unbranched alkanes of at least 4 members (excludes halogenated alkanes) is 1. The third-order valence-corrected chi connectivity index (χ3v) is 12.0. The summed E-state index contributed by atoms with van der Waals surface area (Å²) in [6.45, 7) is 11.4. The number of aliphatic carboxylic acids is 1. The van der Waals surface area contributed by atoms with E-state index in [-0.39, 0.29) is 17.9 Å². The number of carboxylic acid groups (broad SMARTS) is 1. The van der Waals surface area contributed by atoms with Crippen molar-refractivity contribution < 1.29 is 15.0 Å². The van der Waals surface area contributed by atoms with Gasteiger partial charge in [-0.2, -0.15) is 0 Å². The number of hydrogen-bond acceptors (Lipinski definition) is 5. The highest BCUT2D eigenvalue weighted by Gasteiger charge is 2.62. The van der Waals surface area contributed by atoms with Gasteiger partial charge in [-0.3, -0.25) is 4.79 Å². The molecule has 4 aliphatic carbocycles. The first-order valence-corrected chi connectivity index (χ1v) is 15.7. The highest BCUT2D eigenvalue weighted by molar-refractivity contribution is 5.66. The Labute approximate surface area is 226 Å². The molecule has 6 nitrogen and oxygen atoms in total. The minimum Gasteiger partial charge on any atom is -0.481 e. The van der Waals surface area contributed by atoms with Gasteiger partial charge in [0.25, 0.3) is 0 Å². The minimum absolute atomic E-state index is 0.169. The van der Waals surface area contributed by atoms with Crippen LogP contribution in [0.15, 0.2) is 0 Å². The van der Waals surface area contributed by atoms with Crippen LogP contribution in [-0.4, -0.2) is 54.5 Å². The Morgan fingerprint density at radius 3 is 2.46 bits per heavy atom. The van der Waals surface area contributed by atoms with E-state index in [2.05, 4.69) is 31.4 Å². The van der Waals surface area contributed by atoms with Crippen LogP contribution in [0.25, 0.3) is 0 Å². The van der Waals surface area contributed by atoms with Crippen LogP contribution < -0.4 is 16.4 Å². The van der Waals surface area contributed by atoms with Gasteiger partial charge in [0.1, 0.15) is 0 Å². The summed E-state index contributed by atoms with van der Waals surface area (Å²) in [5.74, 6) is 2.69. The molecule has 4 rings (SSSR count). The van der Waals surface area contributed by atoms with Crippen molar-refractivity contribution in [2.24, 2.45) is 52.1 Å². The molecule has 0 amide bonds. The lowest BCUT2D eigenvalue weighted by molar-refractivity contribution is -0.167. The molecule has 0 saturated heterocycles. The van der Waals surface area contributed by atoms with Gasteiger partial charge in [-0.15, -0.1) is 0 Å². The molecular weight excluding hydrogens is 462 g/mol. The molecule has 0 aromatic heterocycles. The van der Waals surface area contributed by atoms with Gasteiger partial charge in [-0.05, 0) is 150 Å². The molecule has 0 bridgehead atoms. The summed E-state index contributed by atoms with van der Waals surface area (Å²) < 4.78 is 0. The lowest BCUT2D eigenvalue weighted by Gasteiger charge is -2.62. The van der Waals surface area contributed by atoms with Crippen LogP contribution >= 0.6 is 0 Å². The van der Waals surface area contributed by atoms with Crippen LogP contribution in [0.5, 0.6) is 0 Å². The summed E-state index contributed by atoms with van der Waals surface area (Å²) in [6, 6.07) is 0.596. The van der Waals surface area contributed by atoms with Crippen molar-refractivity contribution in [1.29, 1.82) is 0 Å². The van der Waals surface area contributed by atoms with E-state index in [9.17, 15) is 15.0 Å². The number of hydrogen-bond donors (Lipinski definition) is 5. The number of aliphatic hydroxyl groups is 1. The van der Waals surface area contributed by atoms with Crippen molar-refractivity contribution in [2.45, 2.75) is 116 Å². The average molecular weight is 520 g/mol. The fourth-order valence-corrected chi connectivity index (χ4v) is 9.97. The van der Waals surface area contributed by atoms with Crippen molar-refractivity contribution in [3.8, 4) is 0 Å². The van der Waals surface area contributed by atoms with Gasteiger partial charge < -0.3 is 26.6 Å². The van der Waals surface area contributed by atoms with Crippen molar-refractivity contribution in [3.05, 3.63) is 0 Å². The average Bonchev–Trinajstić information content (AvgIpc) is 3.22. The second-order valence-electron chi connectivity index (χ2n) is 14.0. The molecule has 214 valence electrons. The van der Waals surface area contributed by atoms with E-state index in [0.29, 0.717) is 47.0 Å². The second-order valence-corrected chi connectivity index (χ2v) is 14.0. The number of carboxylic acids is 1. The molecule has 9 unspecified atom stereocenters. The van der Waals surface area contributed by atoms with Crippen molar-refractivity contribution in [3.63, 3.8) is 0 Å². The fourth-order valence-electron chi connectivity index (χ4n) is 9.97. The number of aliphatic hydroxyl groups excluding tert-OH is 1. The molecule has 6 heteroatoms. The van der Waals surface area contributed by atoms with Crippen molar-refractivity contribution in [2.75, 3.05) is 26.2 Å². The van der Waals surface area contributed by atoms with Crippen LogP contribution in [0, 0.1) is 46.3 Å². The predicted molar refractivity (Wildman–Crippen MR) is 150 cm³/mol. The maximum absolute atomic E-state index is 11.6. The van der Waals surface area contributed by atoms with Crippen LogP contribution in [0.4, 0.5) is 0 Å². The zero-order valence-electron chi connectivity index (χ0n) is 24.0. The van der Waals surface area contributed by atoms with Crippen molar-refractivity contribution >= 4 is 5.97 Å². The molecule has 0 aromatic rings. The van der Waals surface area contributed by atoms with Gasteiger partial charge in [0, 0.05) is 12.5 Å². The zero-order valence-corrected chi connectivity index (χ0v) is 24.0. The SMILES string of the molecule is CC(CCC(=O)O)C1CCC2C3C(CCC12C)C1(C)CCC(NCCCNCCCCN)CC1C[C@H]3O. The molecule has 0 heterocycles. The molecule has 0 spiro atoms. The number of nitrogens with two attached hydrogens (primary N) is 1. The van der Waals surface area contributed by atoms with E-state index in [4.69, 9.17) is 5.73 Å². The molecule has 4 saturated carbocycles. The molecule has 0 radical (unpaired) electrons. The third kappa shape index (κ3) is 6.23. The first kappa shape index (κ1) is 29.3. The normalized spacial score (nSPS) is 42.0. The first-order chi connectivity index (χ1) is 17.7. The lowest BCUT2D eigenvalue weighted by atomic mass is 9.43. The predicted octanol–water partition coefficient (Wildman–Crippen LogP) is 4.79. The second kappa shape index (κ2) is 12.7. The number of rotatable bonds is 13. The molecule has 6 N–H and O–H groups in total. The van der Waals surface area contributed by atoms with Crippen molar-refractivity contribution in [1.82, 2.24) is 10.6 Å². The van der Waals surface area contributed by atoms with Gasteiger partial charge >= 0.3 is 5.97 Å². The van der Waals surface area contributed by atoms with Crippen LogP contribution in [0.2, 0.25) is 0 Å². The summed E-state index contributed by atoms with van der Waals surface area (Å²) in [6.07, 6.45) is 14.1. The van der Waals surface area contributed by atoms with Gasteiger partial charge in [-0.25, -0.2) is 0 Å². The largest absolute Gasteiger partial charge is 0.481 e. The maximum Gasteiger partial charge on any atom is 0.303 e. The third-order valence-electron chi connectivity index (χ3n) is 12.0. The van der Waals surface area contributed by atoms with E-state index in [1.807, 2.05) is 0 Å². The summed E-state index contributed by atoms with van der Waals surface area (Å²) in [5.41, 5.74) is 6.19. The molecule has 10 atom stereocenters. The molecule has 37 heavy (non-hydrogen) atoms. The Hall–Kier alpha value is -0.690. The smallest absolute Gasteiger partial charge is 0.303 e. The first-order valence-electron chi connectivity index (χ1n) is 15.7. The van der Waals surface area contributed by atoms with Gasteiger partial charge in [-0.1, -0.05) is 20.8 Å². The fraction of sp³-hybridized carbons (Fsp3) is 0.968. The monoisotopic (exact) mass is 519 g/mol. The standard InChI is InChI=1S/C31H57N3O3/c1-21(7-10-28(36)37)24-8-9-25-29-26(12-14-31(24,25)3)30(2)13-11-23(19-22(30)20-27(29)35)34-18-6-17-33-16-5-4-15-32/h21-27,29,33-35H,4-20,32H2,1-3H3,(H,36,37)/t21?,22?,23?,24?,25?,26?,27-,29?,30?,31?/m1/s1. The van der Waals surface area contributed by atoms with Crippen LogP contribution in [0.1, 0.15) is 104 Å². The Kier molecular flexibility index (Phi) is 10.0. The molecule has 0 aromatic carbocycles. The maximum atomic E-state index is 11.6.